The Morgan fingerprint density at radius 2 is 1.57 bits per heavy atom. The third-order valence-corrected chi connectivity index (χ3v) is 8.46. The fraction of sp³-hybridized carbons (Fsp3) is 0.333. The minimum Gasteiger partial charge on any atom is -0.483 e. The van der Waals surface area contributed by atoms with Gasteiger partial charge in [0.25, 0.3) is 12.4 Å². The fourth-order valence-corrected chi connectivity index (χ4v) is 5.29. The second kappa shape index (κ2) is 16.7. The molecule has 0 bridgehead atoms. The highest BCUT2D eigenvalue weighted by Gasteiger charge is 2.24. The molecule has 42 heavy (non-hydrogen) atoms. The Kier molecular flexibility index (Phi) is 13.7. The van der Waals surface area contributed by atoms with E-state index in [-0.39, 0.29) is 35.5 Å². The van der Waals surface area contributed by atoms with Crippen LogP contribution in [0.25, 0.3) is 0 Å². The maximum atomic E-state index is 13.8. The van der Waals surface area contributed by atoms with Gasteiger partial charge in [-0.2, -0.15) is 0 Å². The Bertz CT molecular complexity index is 1400. The molecule has 12 heteroatoms. The number of halogens is 2. The van der Waals surface area contributed by atoms with E-state index in [2.05, 4.69) is 23.6 Å². The molecule has 2 atom stereocenters. The van der Waals surface area contributed by atoms with Crippen molar-refractivity contribution >= 4 is 22.4 Å². The van der Waals surface area contributed by atoms with Crippen LogP contribution in [0.2, 0.25) is 0 Å². The number of hydrogen-bond acceptors (Lipinski definition) is 6. The fourth-order valence-electron chi connectivity index (χ4n) is 4.11. The molecule has 228 valence electrons. The minimum atomic E-state index is -3.67. The number of hydrogen-bond donors (Lipinski definition) is 4. The van der Waals surface area contributed by atoms with Crippen LogP contribution in [0.5, 0.6) is 0 Å². The number of amides is 1. The van der Waals surface area contributed by atoms with Gasteiger partial charge in [-0.1, -0.05) is 38.1 Å². The van der Waals surface area contributed by atoms with Gasteiger partial charge in [-0.05, 0) is 65.9 Å². The summed E-state index contributed by atoms with van der Waals surface area (Å²) in [6.45, 7) is 4.42. The normalized spacial score (nSPS) is 12.6. The molecule has 1 amide bonds. The molecule has 0 radical (unpaired) electrons. The first-order valence-electron chi connectivity index (χ1n) is 13.3. The molecule has 9 nitrogen and oxygen atoms in total. The first kappa shape index (κ1) is 34.5. The van der Waals surface area contributed by atoms with Crippen LogP contribution < -0.4 is 10.6 Å². The maximum absolute atomic E-state index is 13.8. The molecule has 0 heterocycles. The lowest BCUT2D eigenvalue weighted by Gasteiger charge is -2.25. The standard InChI is InChI=1S/C29H35F2N3O4S.CH2O2/c1-4-20-7-6-8-21(13-20)18-32-19-28(35)27(16-22-14-24(30)17-25(31)15-22)33-29(36)23-9-11-26(12-10-23)39(37,38)34(3)5-2;2-1-3/h6-15,17,27-28,32,35H,4-5,16,18-19H2,1-3H3,(H,33,36);1H,(H,2,3)/t27-,28+;/m0./s1. The van der Waals surface area contributed by atoms with Crippen molar-refractivity contribution in [1.29, 1.82) is 0 Å². The summed E-state index contributed by atoms with van der Waals surface area (Å²) in [5, 5.41) is 23.8. The van der Waals surface area contributed by atoms with Crippen molar-refractivity contribution in [3.63, 3.8) is 0 Å². The van der Waals surface area contributed by atoms with E-state index < -0.39 is 39.7 Å². The molecule has 3 aromatic rings. The second-order valence-electron chi connectivity index (χ2n) is 9.48. The number of aliphatic hydroxyl groups is 1. The van der Waals surface area contributed by atoms with Gasteiger partial charge in [-0.3, -0.25) is 9.59 Å². The summed E-state index contributed by atoms with van der Waals surface area (Å²) < 4.78 is 53.9. The van der Waals surface area contributed by atoms with Gasteiger partial charge in [-0.15, -0.1) is 0 Å². The Labute approximate surface area is 245 Å². The van der Waals surface area contributed by atoms with Crippen LogP contribution >= 0.6 is 0 Å². The van der Waals surface area contributed by atoms with Crippen molar-refractivity contribution in [2.45, 2.75) is 50.3 Å². The Morgan fingerprint density at radius 3 is 2.14 bits per heavy atom. The van der Waals surface area contributed by atoms with Crippen LogP contribution in [0.3, 0.4) is 0 Å². The Morgan fingerprint density at radius 1 is 0.976 bits per heavy atom. The summed E-state index contributed by atoms with van der Waals surface area (Å²) in [7, 11) is -2.21. The number of aryl methyl sites for hydroxylation is 1. The lowest BCUT2D eigenvalue weighted by Crippen LogP contribution is -2.48. The van der Waals surface area contributed by atoms with Gasteiger partial charge in [0.2, 0.25) is 10.0 Å². The smallest absolute Gasteiger partial charge is 0.290 e. The van der Waals surface area contributed by atoms with Crippen LogP contribution in [0.4, 0.5) is 8.78 Å². The molecular formula is C30H37F2N3O6S. The van der Waals surface area contributed by atoms with Gasteiger partial charge < -0.3 is 20.8 Å². The Hall–Kier alpha value is -3.71. The van der Waals surface area contributed by atoms with Crippen LogP contribution in [0.1, 0.15) is 40.9 Å². The van der Waals surface area contributed by atoms with Gasteiger partial charge >= 0.3 is 0 Å². The van der Waals surface area contributed by atoms with E-state index in [1.54, 1.807) is 6.92 Å². The third-order valence-electron chi connectivity index (χ3n) is 6.51. The molecule has 0 saturated heterocycles. The van der Waals surface area contributed by atoms with E-state index in [4.69, 9.17) is 9.90 Å². The summed E-state index contributed by atoms with van der Waals surface area (Å²) in [6, 6.07) is 15.7. The van der Waals surface area contributed by atoms with E-state index in [1.165, 1.54) is 41.2 Å². The average Bonchev–Trinajstić information content (AvgIpc) is 2.96. The summed E-state index contributed by atoms with van der Waals surface area (Å²) in [5.41, 5.74) is 2.68. The van der Waals surface area contributed by atoms with Crippen molar-refractivity contribution in [2.75, 3.05) is 20.1 Å². The number of nitrogens with one attached hydrogen (secondary N) is 2. The van der Waals surface area contributed by atoms with Gasteiger partial charge in [-0.25, -0.2) is 21.5 Å². The van der Waals surface area contributed by atoms with E-state index in [0.29, 0.717) is 13.1 Å². The van der Waals surface area contributed by atoms with Crippen molar-refractivity contribution in [3.05, 3.63) is 101 Å². The average molecular weight is 606 g/mol. The monoisotopic (exact) mass is 605 g/mol. The molecular weight excluding hydrogens is 568 g/mol. The highest BCUT2D eigenvalue weighted by atomic mass is 32.2. The first-order chi connectivity index (χ1) is 19.9. The molecule has 0 unspecified atom stereocenters. The molecule has 0 aliphatic rings. The number of benzene rings is 3. The predicted octanol–water partition coefficient (Wildman–Crippen LogP) is 3.36. The number of rotatable bonds is 13. The zero-order valence-corrected chi connectivity index (χ0v) is 24.6. The van der Waals surface area contributed by atoms with Crippen molar-refractivity contribution < 1.29 is 37.0 Å². The van der Waals surface area contributed by atoms with Gasteiger partial charge in [0.15, 0.2) is 0 Å². The van der Waals surface area contributed by atoms with E-state index in [1.807, 2.05) is 18.2 Å². The van der Waals surface area contributed by atoms with E-state index >= 15 is 0 Å². The highest BCUT2D eigenvalue weighted by molar-refractivity contribution is 7.89. The topological polar surface area (TPSA) is 136 Å². The zero-order chi connectivity index (χ0) is 31.3. The Balaban J connectivity index is 0.00000197. The van der Waals surface area contributed by atoms with Crippen LogP contribution in [-0.4, -0.2) is 67.6 Å². The van der Waals surface area contributed by atoms with Gasteiger partial charge in [0.05, 0.1) is 17.0 Å². The largest absolute Gasteiger partial charge is 0.483 e. The SMILES string of the molecule is CCc1cccc(CNC[C@@H](O)[C@H](Cc2cc(F)cc(F)c2)NC(=O)c2ccc(S(=O)(=O)N(C)CC)cc2)c1.O=CO. The zero-order valence-electron chi connectivity index (χ0n) is 23.8. The molecule has 3 aromatic carbocycles. The number of carbonyl (C=O) groups is 2. The van der Waals surface area contributed by atoms with E-state index in [0.717, 1.165) is 30.2 Å². The molecule has 3 rings (SSSR count). The predicted molar refractivity (Wildman–Crippen MR) is 155 cm³/mol. The number of carboxylic acid groups (broad SMARTS) is 1. The second-order valence-corrected chi connectivity index (χ2v) is 11.5. The molecule has 0 saturated carbocycles. The lowest BCUT2D eigenvalue weighted by molar-refractivity contribution is -0.122. The molecule has 4 N–H and O–H groups in total. The molecule has 0 aliphatic heterocycles. The van der Waals surface area contributed by atoms with Crippen LogP contribution in [0.15, 0.2) is 71.6 Å². The maximum Gasteiger partial charge on any atom is 0.290 e. The van der Waals surface area contributed by atoms with Crippen molar-refractivity contribution in [2.24, 2.45) is 0 Å². The minimum absolute atomic E-state index is 0.0255. The lowest BCUT2D eigenvalue weighted by atomic mass is 10.00. The number of sulfonamides is 1. The molecule has 0 fully saturated rings. The molecule has 0 spiro atoms. The summed E-state index contributed by atoms with van der Waals surface area (Å²) in [5.74, 6) is -2.07. The van der Waals surface area contributed by atoms with Crippen LogP contribution in [0, 0.1) is 11.6 Å². The summed E-state index contributed by atoms with van der Waals surface area (Å²) in [4.78, 5) is 21.5. The van der Waals surface area contributed by atoms with Gasteiger partial charge in [0, 0.05) is 38.3 Å². The summed E-state index contributed by atoms with van der Waals surface area (Å²) in [6.07, 6.45) is -0.216. The van der Waals surface area contributed by atoms with Gasteiger partial charge in [0.1, 0.15) is 11.6 Å². The summed E-state index contributed by atoms with van der Waals surface area (Å²) >= 11 is 0. The number of carbonyl (C=O) groups excluding carboxylic acids is 1. The number of nitrogens with zero attached hydrogens (tertiary/aromatic N) is 1. The highest BCUT2D eigenvalue weighted by Crippen LogP contribution is 2.16. The molecule has 0 aromatic heterocycles. The third kappa shape index (κ3) is 10.3. The van der Waals surface area contributed by atoms with E-state index in [9.17, 15) is 27.1 Å². The van der Waals surface area contributed by atoms with Crippen LogP contribution in [-0.2, 0) is 34.2 Å². The quantitative estimate of drug-likeness (QED) is 0.220. The van der Waals surface area contributed by atoms with Crippen molar-refractivity contribution in [1.82, 2.24) is 14.9 Å². The van der Waals surface area contributed by atoms with Crippen molar-refractivity contribution in [3.8, 4) is 0 Å². The first-order valence-corrected chi connectivity index (χ1v) is 14.8. The molecule has 0 aliphatic carbocycles. The number of aliphatic hydroxyl groups excluding tert-OH is 1.